The van der Waals surface area contributed by atoms with Crippen molar-refractivity contribution in [1.82, 2.24) is 0 Å². The number of aryl methyl sites for hydroxylation is 1. The van der Waals surface area contributed by atoms with Gasteiger partial charge >= 0.3 is 12.1 Å². The summed E-state index contributed by atoms with van der Waals surface area (Å²) in [7, 11) is 0. The van der Waals surface area contributed by atoms with Crippen molar-refractivity contribution in [2.75, 3.05) is 6.61 Å². The van der Waals surface area contributed by atoms with Crippen molar-refractivity contribution < 1.29 is 32.2 Å². The van der Waals surface area contributed by atoms with Gasteiger partial charge in [-0.3, -0.25) is 4.79 Å². The normalized spacial score (nSPS) is 33.8. The molecule has 6 unspecified atom stereocenters. The van der Waals surface area contributed by atoms with E-state index in [0.29, 0.717) is 25.9 Å². The molecule has 0 radical (unpaired) electrons. The van der Waals surface area contributed by atoms with E-state index in [0.717, 1.165) is 18.1 Å². The molecule has 0 spiro atoms. The molecular formula is C25H31F3O4. The van der Waals surface area contributed by atoms with Crippen LogP contribution in [0.15, 0.2) is 36.4 Å². The molecule has 7 heteroatoms. The van der Waals surface area contributed by atoms with E-state index in [2.05, 4.69) is 0 Å². The molecule has 4 rings (SSSR count). The number of carbonyl (C=O) groups excluding carboxylic acids is 1. The van der Waals surface area contributed by atoms with Crippen molar-refractivity contribution in [2.45, 2.75) is 64.7 Å². The molecule has 0 N–H and O–H groups in total. The highest BCUT2D eigenvalue weighted by Gasteiger charge is 2.51. The third-order valence-electron chi connectivity index (χ3n) is 7.19. The summed E-state index contributed by atoms with van der Waals surface area (Å²) in [6, 6.07) is 7.98. The Labute approximate surface area is 187 Å². The first-order valence-electron chi connectivity index (χ1n) is 11.4. The first-order valence-corrected chi connectivity index (χ1v) is 11.4. The van der Waals surface area contributed by atoms with Gasteiger partial charge < -0.3 is 14.2 Å². The average molecular weight is 453 g/mol. The van der Waals surface area contributed by atoms with Crippen LogP contribution in [-0.4, -0.2) is 37.3 Å². The van der Waals surface area contributed by atoms with Gasteiger partial charge in [0.25, 0.3) is 0 Å². The van der Waals surface area contributed by atoms with Crippen LogP contribution in [0.2, 0.25) is 0 Å². The fourth-order valence-corrected chi connectivity index (χ4v) is 5.28. The van der Waals surface area contributed by atoms with E-state index in [1.807, 2.05) is 44.2 Å². The molecule has 176 valence electrons. The van der Waals surface area contributed by atoms with E-state index >= 15 is 0 Å². The van der Waals surface area contributed by atoms with Gasteiger partial charge in [0.2, 0.25) is 0 Å². The summed E-state index contributed by atoms with van der Waals surface area (Å²) < 4.78 is 58.4. The highest BCUT2D eigenvalue weighted by molar-refractivity contribution is 5.74. The van der Waals surface area contributed by atoms with Crippen molar-refractivity contribution in [2.24, 2.45) is 29.6 Å². The van der Waals surface area contributed by atoms with Gasteiger partial charge in [0.15, 0.2) is 12.4 Å². The number of carbonyl (C=O) groups is 1. The number of hydrogen-bond acceptors (Lipinski definition) is 4. The molecule has 2 aliphatic heterocycles. The van der Waals surface area contributed by atoms with Gasteiger partial charge in [-0.25, -0.2) is 0 Å². The van der Waals surface area contributed by atoms with E-state index in [1.54, 1.807) is 6.08 Å². The monoisotopic (exact) mass is 452 g/mol. The molecular weight excluding hydrogens is 421 g/mol. The highest BCUT2D eigenvalue weighted by Crippen LogP contribution is 2.43. The molecule has 2 fully saturated rings. The van der Waals surface area contributed by atoms with E-state index in [9.17, 15) is 18.0 Å². The van der Waals surface area contributed by atoms with Gasteiger partial charge in [0.05, 0.1) is 24.5 Å². The van der Waals surface area contributed by atoms with Crippen molar-refractivity contribution in [1.29, 1.82) is 0 Å². The van der Waals surface area contributed by atoms with Crippen LogP contribution in [0.4, 0.5) is 13.2 Å². The summed E-state index contributed by atoms with van der Waals surface area (Å²) >= 11 is 0. The predicted octanol–water partition coefficient (Wildman–Crippen LogP) is 5.24. The zero-order valence-electron chi connectivity index (χ0n) is 18.7. The van der Waals surface area contributed by atoms with Gasteiger partial charge in [0.1, 0.15) is 0 Å². The topological polar surface area (TPSA) is 44.8 Å². The number of esters is 1. The van der Waals surface area contributed by atoms with Crippen molar-refractivity contribution in [3.63, 3.8) is 0 Å². The van der Waals surface area contributed by atoms with E-state index < -0.39 is 42.3 Å². The maximum Gasteiger partial charge on any atom is 0.392 e. The smallest absolute Gasteiger partial charge is 0.392 e. The summed E-state index contributed by atoms with van der Waals surface area (Å²) in [6.45, 7) is 5.45. The van der Waals surface area contributed by atoms with Gasteiger partial charge in [0, 0.05) is 5.92 Å². The molecule has 1 aromatic rings. The summed E-state index contributed by atoms with van der Waals surface area (Å²) in [5, 5.41) is 0. The number of benzene rings is 1. The van der Waals surface area contributed by atoms with Crippen molar-refractivity contribution in [3.05, 3.63) is 47.5 Å². The molecule has 2 heterocycles. The van der Waals surface area contributed by atoms with Crippen LogP contribution in [0.1, 0.15) is 37.8 Å². The van der Waals surface area contributed by atoms with Crippen molar-refractivity contribution in [3.8, 4) is 0 Å². The molecule has 0 aromatic heterocycles. The lowest BCUT2D eigenvalue weighted by Gasteiger charge is -2.37. The van der Waals surface area contributed by atoms with Crippen molar-refractivity contribution >= 4 is 5.97 Å². The molecule has 2 bridgehead atoms. The van der Waals surface area contributed by atoms with E-state index in [-0.39, 0.29) is 17.9 Å². The fourth-order valence-electron chi connectivity index (χ4n) is 5.28. The number of ether oxygens (including phenoxy) is 3. The highest BCUT2D eigenvalue weighted by atomic mass is 19.4. The van der Waals surface area contributed by atoms with Crippen LogP contribution in [0, 0.1) is 36.5 Å². The summed E-state index contributed by atoms with van der Waals surface area (Å²) in [5.41, 5.74) is 2.26. The Morgan fingerprint density at radius 3 is 2.62 bits per heavy atom. The molecule has 0 amide bonds. The first-order chi connectivity index (χ1) is 15.1. The Balaban J connectivity index is 1.56. The first kappa shape index (κ1) is 23.3. The maximum absolute atomic E-state index is 13.7. The number of halogens is 3. The van der Waals surface area contributed by atoms with Crippen LogP contribution in [0.25, 0.3) is 0 Å². The molecule has 1 aromatic carbocycles. The number of rotatable bonds is 6. The SMILES string of the molecule is Cc1ccccc1CC1C[C@H]2CO[C@H](O2)C1OC(=O)C(C1C=CC(C)C1)C(C)C(F)(F)F. The molecule has 1 aliphatic carbocycles. The Kier molecular flexibility index (Phi) is 6.68. The standard InChI is InChI=1S/C25H31F3O4/c1-14-8-9-18(10-14)21(16(3)25(26,27)28)23(29)32-22-19(12-20-13-30-24(22)31-20)11-17-7-5-4-6-15(17)2/h4-9,14,16,18-22,24H,10-13H2,1-3H3/t14?,16?,18?,19?,20-,21?,22?,24+/m0/s1. The lowest BCUT2D eigenvalue weighted by atomic mass is 9.80. The molecule has 32 heavy (non-hydrogen) atoms. The zero-order valence-corrected chi connectivity index (χ0v) is 18.7. The third-order valence-corrected chi connectivity index (χ3v) is 7.19. The lowest BCUT2D eigenvalue weighted by Crippen LogP contribution is -2.47. The fraction of sp³-hybridized carbons (Fsp3) is 0.640. The van der Waals surface area contributed by atoms with Crippen LogP contribution in [0.3, 0.4) is 0 Å². The van der Waals surface area contributed by atoms with Crippen LogP contribution < -0.4 is 0 Å². The largest absolute Gasteiger partial charge is 0.456 e. The van der Waals surface area contributed by atoms with E-state index in [1.165, 1.54) is 0 Å². The minimum absolute atomic E-state index is 0.0764. The molecule has 4 nitrogen and oxygen atoms in total. The van der Waals surface area contributed by atoms with Gasteiger partial charge in [-0.1, -0.05) is 50.3 Å². The summed E-state index contributed by atoms with van der Waals surface area (Å²) in [6.07, 6.45) is -0.595. The van der Waals surface area contributed by atoms with Gasteiger partial charge in [-0.15, -0.1) is 0 Å². The second-order valence-electron chi connectivity index (χ2n) is 9.61. The second-order valence-corrected chi connectivity index (χ2v) is 9.61. The van der Waals surface area contributed by atoms with Crippen LogP contribution >= 0.6 is 0 Å². The molecule has 3 aliphatic rings. The minimum Gasteiger partial charge on any atom is -0.456 e. The van der Waals surface area contributed by atoms with Gasteiger partial charge in [-0.2, -0.15) is 13.2 Å². The Morgan fingerprint density at radius 1 is 1.22 bits per heavy atom. The molecule has 8 atom stereocenters. The Hall–Kier alpha value is -1.86. The minimum atomic E-state index is -4.48. The Bertz CT molecular complexity index is 852. The van der Waals surface area contributed by atoms with Crippen LogP contribution in [-0.2, 0) is 25.4 Å². The van der Waals surface area contributed by atoms with E-state index in [4.69, 9.17) is 14.2 Å². The quantitative estimate of drug-likeness (QED) is 0.438. The third kappa shape index (κ3) is 4.88. The maximum atomic E-state index is 13.7. The summed E-state index contributed by atoms with van der Waals surface area (Å²) in [4.78, 5) is 13.3. The number of fused-ring (bicyclic) bond motifs is 2. The zero-order chi connectivity index (χ0) is 23.0. The number of allylic oxidation sites excluding steroid dienone is 2. The predicted molar refractivity (Wildman–Crippen MR) is 113 cm³/mol. The second kappa shape index (κ2) is 9.18. The molecule has 2 saturated heterocycles. The van der Waals surface area contributed by atoms with Crippen LogP contribution in [0.5, 0.6) is 0 Å². The molecule has 0 saturated carbocycles. The van der Waals surface area contributed by atoms with Gasteiger partial charge in [-0.05, 0) is 49.1 Å². The lowest BCUT2D eigenvalue weighted by molar-refractivity contribution is -0.220. The summed E-state index contributed by atoms with van der Waals surface area (Å²) in [5.74, 6) is -4.32. The number of hydrogen-bond donors (Lipinski definition) is 0. The Morgan fingerprint density at radius 2 is 1.97 bits per heavy atom. The average Bonchev–Trinajstić information content (AvgIpc) is 3.32. The number of alkyl halides is 3.